The maximum absolute atomic E-state index is 12.7. The number of hydrogen-bond donors (Lipinski definition) is 0. The van der Waals surface area contributed by atoms with Crippen molar-refractivity contribution in [2.45, 2.75) is 59.1 Å². The number of para-hydroxylation sites is 1. The average molecular weight is 452 g/mol. The molecule has 0 aromatic heterocycles. The second kappa shape index (κ2) is 10.7. The van der Waals surface area contributed by atoms with E-state index in [4.69, 9.17) is 4.74 Å². The number of anilines is 2. The van der Waals surface area contributed by atoms with E-state index in [-0.39, 0.29) is 18.0 Å². The molecule has 0 spiro atoms. The first kappa shape index (κ1) is 24.6. The molecule has 1 saturated heterocycles. The molecule has 2 amide bonds. The average Bonchev–Trinajstić information content (AvgIpc) is 2.80. The lowest BCUT2D eigenvalue weighted by Gasteiger charge is -2.40. The number of carbonyl (C=O) groups is 2. The lowest BCUT2D eigenvalue weighted by atomic mass is 10.0. The fraction of sp³-hybridized carbons (Fsp3) is 0.481. The molecule has 2 aromatic rings. The minimum absolute atomic E-state index is 0.0588. The number of carbonyl (C=O) groups excluding carboxylic acids is 2. The molecule has 0 atom stereocenters. The van der Waals surface area contributed by atoms with Crippen LogP contribution in [0.1, 0.15) is 57.8 Å². The third kappa shape index (κ3) is 6.28. The van der Waals surface area contributed by atoms with E-state index in [2.05, 4.69) is 17.0 Å². The highest BCUT2D eigenvalue weighted by Gasteiger charge is 2.30. The van der Waals surface area contributed by atoms with Gasteiger partial charge in [-0.3, -0.25) is 4.79 Å². The molecule has 1 aliphatic heterocycles. The van der Waals surface area contributed by atoms with E-state index in [9.17, 15) is 9.59 Å². The highest BCUT2D eigenvalue weighted by Crippen LogP contribution is 2.32. The van der Waals surface area contributed by atoms with Crippen molar-refractivity contribution in [2.24, 2.45) is 0 Å². The molecule has 1 aliphatic rings. The Kier molecular flexibility index (Phi) is 8.01. The summed E-state index contributed by atoms with van der Waals surface area (Å²) in [6, 6.07) is 18.4. The fourth-order valence-corrected chi connectivity index (χ4v) is 4.25. The first-order valence-corrected chi connectivity index (χ1v) is 11.9. The van der Waals surface area contributed by atoms with Crippen LogP contribution < -0.4 is 4.90 Å². The molecule has 178 valence electrons. The number of rotatable bonds is 6. The summed E-state index contributed by atoms with van der Waals surface area (Å²) < 4.78 is 5.55. The molecule has 0 bridgehead atoms. The van der Waals surface area contributed by atoms with Gasteiger partial charge in [0.05, 0.1) is 0 Å². The molecule has 1 heterocycles. The molecule has 0 unspecified atom stereocenters. The number of hydrogen-bond acceptors (Lipinski definition) is 4. The summed E-state index contributed by atoms with van der Waals surface area (Å²) in [6.07, 6.45) is 1.44. The molecule has 2 aromatic carbocycles. The summed E-state index contributed by atoms with van der Waals surface area (Å²) in [7, 11) is 0. The van der Waals surface area contributed by atoms with Crippen LogP contribution in [0.5, 0.6) is 0 Å². The summed E-state index contributed by atoms with van der Waals surface area (Å²) >= 11 is 0. The Labute approximate surface area is 198 Å². The summed E-state index contributed by atoms with van der Waals surface area (Å²) in [6.45, 7) is 12.4. The Balaban J connectivity index is 1.79. The Bertz CT molecular complexity index is 910. The van der Waals surface area contributed by atoms with Crippen LogP contribution in [0.2, 0.25) is 0 Å². The number of likely N-dealkylation sites (tertiary alicyclic amines) is 1. The third-order valence-electron chi connectivity index (χ3n) is 5.96. The van der Waals surface area contributed by atoms with Gasteiger partial charge in [-0.2, -0.15) is 0 Å². The van der Waals surface area contributed by atoms with E-state index in [1.54, 1.807) is 4.90 Å². The van der Waals surface area contributed by atoms with E-state index >= 15 is 0 Å². The van der Waals surface area contributed by atoms with Crippen molar-refractivity contribution in [2.75, 3.05) is 31.1 Å². The summed E-state index contributed by atoms with van der Waals surface area (Å²) in [4.78, 5) is 31.2. The Morgan fingerprint density at radius 2 is 1.45 bits per heavy atom. The zero-order chi connectivity index (χ0) is 24.0. The van der Waals surface area contributed by atoms with E-state index in [1.165, 1.54) is 0 Å². The number of nitrogens with zero attached hydrogens (tertiary/aromatic N) is 3. The van der Waals surface area contributed by atoms with E-state index in [0.717, 1.165) is 24.2 Å². The molecule has 3 rings (SSSR count). The number of amides is 2. The van der Waals surface area contributed by atoms with Crippen LogP contribution in [0.4, 0.5) is 16.2 Å². The zero-order valence-electron chi connectivity index (χ0n) is 20.6. The van der Waals surface area contributed by atoms with Gasteiger partial charge >= 0.3 is 6.09 Å². The molecule has 0 radical (unpaired) electrons. The smallest absolute Gasteiger partial charge is 0.410 e. The Morgan fingerprint density at radius 3 is 1.97 bits per heavy atom. The zero-order valence-corrected chi connectivity index (χ0v) is 20.6. The maximum atomic E-state index is 12.7. The monoisotopic (exact) mass is 451 g/mol. The first-order valence-electron chi connectivity index (χ1n) is 11.9. The molecule has 0 N–H and O–H groups in total. The fourth-order valence-electron chi connectivity index (χ4n) is 4.25. The molecule has 6 heteroatoms. The van der Waals surface area contributed by atoms with E-state index < -0.39 is 5.60 Å². The van der Waals surface area contributed by atoms with Gasteiger partial charge in [0.2, 0.25) is 0 Å². The number of piperidine rings is 1. The van der Waals surface area contributed by atoms with E-state index in [1.807, 2.05) is 82.0 Å². The third-order valence-corrected chi connectivity index (χ3v) is 5.96. The van der Waals surface area contributed by atoms with Crippen LogP contribution in [0.25, 0.3) is 0 Å². The van der Waals surface area contributed by atoms with Crippen molar-refractivity contribution in [3.8, 4) is 0 Å². The standard InChI is InChI=1S/C27H37N3O3/c1-6-28(7-2)25(31)21-13-15-23(16-14-21)30(22-11-9-8-10-12-22)24-17-19-29(20-18-24)26(32)33-27(3,4)5/h8-16,24H,6-7,17-20H2,1-5H3. The van der Waals surface area contributed by atoms with Gasteiger partial charge < -0.3 is 19.4 Å². The summed E-state index contributed by atoms with van der Waals surface area (Å²) in [5, 5.41) is 0. The predicted molar refractivity (Wildman–Crippen MR) is 133 cm³/mol. The van der Waals surface area contributed by atoms with Crippen LogP contribution in [-0.2, 0) is 4.74 Å². The second-order valence-corrected chi connectivity index (χ2v) is 9.43. The van der Waals surface area contributed by atoms with Gasteiger partial charge in [-0.25, -0.2) is 4.79 Å². The van der Waals surface area contributed by atoms with E-state index in [0.29, 0.717) is 31.7 Å². The predicted octanol–water partition coefficient (Wildman–Crippen LogP) is 5.71. The van der Waals surface area contributed by atoms with Gasteiger partial charge in [-0.05, 0) is 83.9 Å². The molecule has 0 aliphatic carbocycles. The van der Waals surface area contributed by atoms with Crippen molar-refractivity contribution in [1.82, 2.24) is 9.80 Å². The lowest BCUT2D eigenvalue weighted by molar-refractivity contribution is 0.0206. The Hall–Kier alpha value is -3.02. The van der Waals surface area contributed by atoms with Crippen LogP contribution in [0, 0.1) is 0 Å². The normalized spacial score (nSPS) is 14.6. The molecule has 1 fully saturated rings. The minimum Gasteiger partial charge on any atom is -0.444 e. The topological polar surface area (TPSA) is 53.1 Å². The van der Waals surface area contributed by atoms with Crippen molar-refractivity contribution in [3.63, 3.8) is 0 Å². The van der Waals surface area contributed by atoms with Gasteiger partial charge in [0.25, 0.3) is 5.91 Å². The minimum atomic E-state index is -0.492. The lowest BCUT2D eigenvalue weighted by Crippen LogP contribution is -2.47. The number of benzene rings is 2. The highest BCUT2D eigenvalue weighted by atomic mass is 16.6. The molecule has 0 saturated carbocycles. The molecular weight excluding hydrogens is 414 g/mol. The van der Waals surface area contributed by atoms with Crippen molar-refractivity contribution >= 4 is 23.4 Å². The quantitative estimate of drug-likeness (QED) is 0.565. The first-order chi connectivity index (χ1) is 15.7. The largest absolute Gasteiger partial charge is 0.444 e. The summed E-state index contributed by atoms with van der Waals surface area (Å²) in [5.41, 5.74) is 2.37. The summed E-state index contributed by atoms with van der Waals surface area (Å²) in [5.74, 6) is 0.0588. The van der Waals surface area contributed by atoms with Gasteiger partial charge in [0.1, 0.15) is 5.60 Å². The van der Waals surface area contributed by atoms with Crippen LogP contribution in [0.3, 0.4) is 0 Å². The van der Waals surface area contributed by atoms with Crippen LogP contribution in [-0.4, -0.2) is 59.6 Å². The van der Waals surface area contributed by atoms with Crippen LogP contribution >= 0.6 is 0 Å². The molecule has 33 heavy (non-hydrogen) atoms. The van der Waals surface area contributed by atoms with Gasteiger partial charge in [0, 0.05) is 49.2 Å². The van der Waals surface area contributed by atoms with Crippen LogP contribution in [0.15, 0.2) is 54.6 Å². The number of ether oxygens (including phenoxy) is 1. The second-order valence-electron chi connectivity index (χ2n) is 9.43. The van der Waals surface area contributed by atoms with Crippen molar-refractivity contribution in [1.29, 1.82) is 0 Å². The maximum Gasteiger partial charge on any atom is 0.410 e. The molecular formula is C27H37N3O3. The van der Waals surface area contributed by atoms with Gasteiger partial charge in [-0.1, -0.05) is 18.2 Å². The van der Waals surface area contributed by atoms with Crippen molar-refractivity contribution in [3.05, 3.63) is 60.2 Å². The molecule has 6 nitrogen and oxygen atoms in total. The van der Waals surface area contributed by atoms with Crippen molar-refractivity contribution < 1.29 is 14.3 Å². The Morgan fingerprint density at radius 1 is 0.909 bits per heavy atom. The highest BCUT2D eigenvalue weighted by molar-refractivity contribution is 5.94. The van der Waals surface area contributed by atoms with Gasteiger partial charge in [0.15, 0.2) is 0 Å². The SMILES string of the molecule is CCN(CC)C(=O)c1ccc(N(c2ccccc2)C2CCN(C(=O)OC(C)(C)C)CC2)cc1. The van der Waals surface area contributed by atoms with Gasteiger partial charge in [-0.15, -0.1) is 0 Å².